The summed E-state index contributed by atoms with van der Waals surface area (Å²) in [6.07, 6.45) is 0. The minimum Gasteiger partial charge on any atom is -0.497 e. The van der Waals surface area contributed by atoms with Gasteiger partial charge < -0.3 is 15.0 Å². The molecule has 0 aliphatic heterocycles. The van der Waals surface area contributed by atoms with Gasteiger partial charge in [0.25, 0.3) is 0 Å². The molecule has 4 aromatic rings. The molecular formula is C18H15BrN6O2S. The number of methoxy groups -OCH3 is 1. The Morgan fingerprint density at radius 2 is 1.71 bits per heavy atom. The zero-order valence-corrected chi connectivity index (χ0v) is 17.1. The van der Waals surface area contributed by atoms with E-state index in [1.54, 1.807) is 7.11 Å². The number of ether oxygens (including phenoxy) is 1. The number of halogens is 1. The highest BCUT2D eigenvalue weighted by Gasteiger charge is 2.15. The van der Waals surface area contributed by atoms with Crippen LogP contribution in [0.5, 0.6) is 5.75 Å². The average Bonchev–Trinajstić information content (AvgIpc) is 3.34. The summed E-state index contributed by atoms with van der Waals surface area (Å²) < 4.78 is 13.3. The van der Waals surface area contributed by atoms with Crippen LogP contribution in [0.3, 0.4) is 0 Å². The Hall–Kier alpha value is -2.85. The molecule has 0 spiro atoms. The van der Waals surface area contributed by atoms with Crippen molar-refractivity contribution in [3.05, 3.63) is 58.9 Å². The van der Waals surface area contributed by atoms with E-state index in [0.717, 1.165) is 21.3 Å². The first-order valence-corrected chi connectivity index (χ1v) is 9.98. The van der Waals surface area contributed by atoms with E-state index in [1.165, 1.54) is 16.4 Å². The van der Waals surface area contributed by atoms with Crippen molar-refractivity contribution >= 4 is 27.7 Å². The van der Waals surface area contributed by atoms with E-state index < -0.39 is 0 Å². The number of thioether (sulfide) groups is 1. The summed E-state index contributed by atoms with van der Waals surface area (Å²) in [5.74, 6) is 8.86. The Labute approximate surface area is 173 Å². The van der Waals surface area contributed by atoms with Gasteiger partial charge >= 0.3 is 0 Å². The van der Waals surface area contributed by atoms with Gasteiger partial charge in [-0.15, -0.1) is 20.4 Å². The molecule has 0 amide bonds. The molecule has 4 rings (SSSR count). The highest BCUT2D eigenvalue weighted by atomic mass is 79.9. The summed E-state index contributed by atoms with van der Waals surface area (Å²) in [5, 5.41) is 17.0. The first-order valence-electron chi connectivity index (χ1n) is 8.20. The van der Waals surface area contributed by atoms with Gasteiger partial charge in [-0.1, -0.05) is 27.7 Å². The maximum atomic E-state index is 6.15. The van der Waals surface area contributed by atoms with Gasteiger partial charge in [0.05, 0.1) is 12.9 Å². The summed E-state index contributed by atoms with van der Waals surface area (Å²) in [6, 6.07) is 15.1. The zero-order valence-electron chi connectivity index (χ0n) is 14.7. The average molecular weight is 459 g/mol. The highest BCUT2D eigenvalue weighted by molar-refractivity contribution is 9.10. The van der Waals surface area contributed by atoms with Crippen molar-refractivity contribution in [3.8, 4) is 28.6 Å². The molecule has 8 nitrogen and oxygen atoms in total. The predicted molar refractivity (Wildman–Crippen MR) is 109 cm³/mol. The maximum absolute atomic E-state index is 6.15. The van der Waals surface area contributed by atoms with Gasteiger partial charge in [0.2, 0.25) is 16.9 Å². The molecule has 0 saturated carbocycles. The topological polar surface area (TPSA) is 105 Å². The monoisotopic (exact) mass is 458 g/mol. The number of aromatic nitrogens is 5. The summed E-state index contributed by atoms with van der Waals surface area (Å²) in [4.78, 5) is 0. The first-order chi connectivity index (χ1) is 13.6. The van der Waals surface area contributed by atoms with E-state index in [4.69, 9.17) is 15.0 Å². The summed E-state index contributed by atoms with van der Waals surface area (Å²) in [6.45, 7) is 0. The van der Waals surface area contributed by atoms with Gasteiger partial charge in [0, 0.05) is 15.6 Å². The molecule has 0 aliphatic carbocycles. The van der Waals surface area contributed by atoms with Crippen LogP contribution in [-0.4, -0.2) is 32.2 Å². The van der Waals surface area contributed by atoms with Crippen molar-refractivity contribution in [2.75, 3.05) is 13.0 Å². The van der Waals surface area contributed by atoms with E-state index in [-0.39, 0.29) is 0 Å². The molecule has 0 radical (unpaired) electrons. The van der Waals surface area contributed by atoms with Crippen LogP contribution in [0, 0.1) is 0 Å². The van der Waals surface area contributed by atoms with Gasteiger partial charge in [-0.3, -0.25) is 0 Å². The van der Waals surface area contributed by atoms with E-state index in [1.807, 2.05) is 48.5 Å². The molecule has 2 aromatic heterocycles. The van der Waals surface area contributed by atoms with Crippen molar-refractivity contribution in [2.45, 2.75) is 10.9 Å². The lowest BCUT2D eigenvalue weighted by atomic mass is 10.2. The number of hydrogen-bond acceptors (Lipinski definition) is 8. The molecule has 142 valence electrons. The fourth-order valence-electron chi connectivity index (χ4n) is 2.46. The first kappa shape index (κ1) is 18.5. The largest absolute Gasteiger partial charge is 0.497 e. The number of nitrogens with zero attached hydrogens (tertiary/aromatic N) is 5. The number of benzene rings is 2. The lowest BCUT2D eigenvalue weighted by Gasteiger charge is -2.04. The lowest BCUT2D eigenvalue weighted by Crippen LogP contribution is -2.11. The molecular weight excluding hydrogens is 444 g/mol. The summed E-state index contributed by atoms with van der Waals surface area (Å²) in [7, 11) is 1.62. The maximum Gasteiger partial charge on any atom is 0.247 e. The molecule has 2 heterocycles. The standard InChI is InChI=1S/C18H15BrN6O2S/c1-26-14-8-4-11(5-9-14)16-22-24-18(25(16)20)28-10-15-21-23-17(27-15)12-2-6-13(19)7-3-12/h2-9H,10,20H2,1H3. The van der Waals surface area contributed by atoms with Crippen LogP contribution in [-0.2, 0) is 5.75 Å². The zero-order chi connectivity index (χ0) is 19.5. The van der Waals surface area contributed by atoms with Crippen LogP contribution in [0.25, 0.3) is 22.8 Å². The Balaban J connectivity index is 1.45. The molecule has 0 aliphatic rings. The van der Waals surface area contributed by atoms with Crippen molar-refractivity contribution < 1.29 is 9.15 Å². The molecule has 0 bridgehead atoms. The van der Waals surface area contributed by atoms with Crippen molar-refractivity contribution in [1.29, 1.82) is 0 Å². The van der Waals surface area contributed by atoms with Crippen LogP contribution in [0.2, 0.25) is 0 Å². The summed E-state index contributed by atoms with van der Waals surface area (Å²) >= 11 is 4.77. The van der Waals surface area contributed by atoms with E-state index in [9.17, 15) is 0 Å². The van der Waals surface area contributed by atoms with Crippen molar-refractivity contribution in [3.63, 3.8) is 0 Å². The Bertz CT molecular complexity index is 1080. The smallest absolute Gasteiger partial charge is 0.247 e. The molecule has 28 heavy (non-hydrogen) atoms. The van der Waals surface area contributed by atoms with Crippen LogP contribution < -0.4 is 10.6 Å². The Morgan fingerprint density at radius 1 is 1.00 bits per heavy atom. The second-order valence-electron chi connectivity index (χ2n) is 5.70. The molecule has 0 unspecified atom stereocenters. The molecule has 2 N–H and O–H groups in total. The number of hydrogen-bond donors (Lipinski definition) is 1. The summed E-state index contributed by atoms with van der Waals surface area (Å²) in [5.41, 5.74) is 1.70. The lowest BCUT2D eigenvalue weighted by molar-refractivity contribution is 0.415. The molecule has 2 aromatic carbocycles. The normalized spacial score (nSPS) is 10.9. The second-order valence-corrected chi connectivity index (χ2v) is 7.56. The molecule has 0 fully saturated rings. The van der Waals surface area contributed by atoms with E-state index in [0.29, 0.717) is 28.5 Å². The highest BCUT2D eigenvalue weighted by Crippen LogP contribution is 2.27. The van der Waals surface area contributed by atoms with Gasteiger partial charge in [0.15, 0.2) is 5.82 Å². The second kappa shape index (κ2) is 8.03. The minimum absolute atomic E-state index is 0.432. The molecule has 10 heteroatoms. The fourth-order valence-corrected chi connectivity index (χ4v) is 3.42. The van der Waals surface area contributed by atoms with Gasteiger partial charge in [0.1, 0.15) is 5.75 Å². The van der Waals surface area contributed by atoms with Crippen LogP contribution >= 0.6 is 27.7 Å². The van der Waals surface area contributed by atoms with E-state index >= 15 is 0 Å². The van der Waals surface area contributed by atoms with Gasteiger partial charge in [-0.25, -0.2) is 4.68 Å². The van der Waals surface area contributed by atoms with Gasteiger partial charge in [-0.2, -0.15) is 0 Å². The third-order valence-electron chi connectivity index (χ3n) is 3.90. The number of nitrogens with two attached hydrogens (primary N) is 1. The SMILES string of the molecule is COc1ccc(-c2nnc(SCc3nnc(-c4ccc(Br)cc4)o3)n2N)cc1. The Kier molecular flexibility index (Phi) is 5.31. The predicted octanol–water partition coefficient (Wildman–Crippen LogP) is 3.77. The third kappa shape index (κ3) is 3.87. The van der Waals surface area contributed by atoms with Crippen LogP contribution in [0.15, 0.2) is 62.6 Å². The number of rotatable bonds is 6. The van der Waals surface area contributed by atoms with Crippen LogP contribution in [0.1, 0.15) is 5.89 Å². The van der Waals surface area contributed by atoms with Crippen molar-refractivity contribution in [1.82, 2.24) is 25.1 Å². The van der Waals surface area contributed by atoms with Crippen molar-refractivity contribution in [2.24, 2.45) is 0 Å². The number of nitrogen functional groups attached to an aromatic ring is 1. The Morgan fingerprint density at radius 3 is 2.43 bits per heavy atom. The minimum atomic E-state index is 0.432. The third-order valence-corrected chi connectivity index (χ3v) is 5.35. The molecule has 0 atom stereocenters. The van der Waals surface area contributed by atoms with E-state index in [2.05, 4.69) is 36.3 Å². The quantitative estimate of drug-likeness (QED) is 0.343. The fraction of sp³-hybridized carbons (Fsp3) is 0.111. The van der Waals surface area contributed by atoms with Crippen LogP contribution in [0.4, 0.5) is 0 Å². The molecule has 0 saturated heterocycles. The van der Waals surface area contributed by atoms with Gasteiger partial charge in [-0.05, 0) is 48.5 Å².